The van der Waals surface area contributed by atoms with Crippen LogP contribution < -0.4 is 5.32 Å². The van der Waals surface area contributed by atoms with E-state index in [4.69, 9.17) is 14.6 Å². The van der Waals surface area contributed by atoms with E-state index in [-0.39, 0.29) is 25.0 Å². The van der Waals surface area contributed by atoms with Gasteiger partial charge in [-0.25, -0.2) is 9.59 Å². The van der Waals surface area contributed by atoms with Gasteiger partial charge in [-0.3, -0.25) is 4.79 Å². The number of amides is 2. The molecule has 0 aromatic heterocycles. The molecule has 2 amide bonds. The Morgan fingerprint density at radius 2 is 1.73 bits per heavy atom. The standard InChI is InChI=1S/C25H28N2O6/c1-15(24(29)30)27(2)23(28)22-16(11-12-32-22)13-26-25(31)33-14-21-19-9-5-3-7-17(19)18-8-4-6-10-20(18)21/h3-10,15-16,21-22H,11-14H2,1-2H3,(H,26,31)(H,29,30)/t15?,16-,22-/m1/s1. The van der Waals surface area contributed by atoms with Gasteiger partial charge in [0.25, 0.3) is 5.91 Å². The third kappa shape index (κ3) is 4.57. The van der Waals surface area contributed by atoms with Gasteiger partial charge < -0.3 is 24.8 Å². The van der Waals surface area contributed by atoms with E-state index in [1.165, 1.54) is 18.9 Å². The number of aliphatic carboxylic acids is 1. The number of rotatable bonds is 7. The lowest BCUT2D eigenvalue weighted by atomic mass is 9.98. The normalized spacial score (nSPS) is 19.9. The maximum atomic E-state index is 12.7. The van der Waals surface area contributed by atoms with Crippen molar-refractivity contribution in [3.05, 3.63) is 59.7 Å². The van der Waals surface area contributed by atoms with Crippen LogP contribution >= 0.6 is 0 Å². The second kappa shape index (κ2) is 9.62. The number of nitrogens with one attached hydrogen (secondary N) is 1. The van der Waals surface area contributed by atoms with E-state index in [2.05, 4.69) is 29.6 Å². The van der Waals surface area contributed by atoms with Gasteiger partial charge in [0.1, 0.15) is 18.8 Å². The van der Waals surface area contributed by atoms with E-state index in [1.807, 2.05) is 24.3 Å². The molecular weight excluding hydrogens is 424 g/mol. The highest BCUT2D eigenvalue weighted by Crippen LogP contribution is 2.44. The number of carbonyl (C=O) groups is 3. The van der Waals surface area contributed by atoms with Crippen LogP contribution in [0.25, 0.3) is 11.1 Å². The summed E-state index contributed by atoms with van der Waals surface area (Å²) in [5.41, 5.74) is 4.59. The number of hydrogen-bond acceptors (Lipinski definition) is 5. The highest BCUT2D eigenvalue weighted by atomic mass is 16.5. The van der Waals surface area contributed by atoms with Crippen LogP contribution in [0.4, 0.5) is 4.79 Å². The summed E-state index contributed by atoms with van der Waals surface area (Å²) >= 11 is 0. The smallest absolute Gasteiger partial charge is 0.407 e. The third-order valence-corrected chi connectivity index (χ3v) is 6.60. The third-order valence-electron chi connectivity index (χ3n) is 6.60. The Morgan fingerprint density at radius 3 is 2.33 bits per heavy atom. The van der Waals surface area contributed by atoms with Gasteiger partial charge in [0.15, 0.2) is 0 Å². The maximum Gasteiger partial charge on any atom is 0.407 e. The Hall–Kier alpha value is -3.39. The Kier molecular flexibility index (Phi) is 6.65. The van der Waals surface area contributed by atoms with E-state index < -0.39 is 30.1 Å². The number of ether oxygens (including phenoxy) is 2. The van der Waals surface area contributed by atoms with Gasteiger partial charge in [-0.1, -0.05) is 48.5 Å². The Morgan fingerprint density at radius 1 is 1.12 bits per heavy atom. The number of likely N-dealkylation sites (N-methyl/N-ethyl adjacent to an activating group) is 1. The average molecular weight is 453 g/mol. The summed E-state index contributed by atoms with van der Waals surface area (Å²) in [4.78, 5) is 37.5. The Bertz CT molecular complexity index is 1010. The molecule has 0 spiro atoms. The van der Waals surface area contributed by atoms with Crippen LogP contribution in [-0.4, -0.2) is 66.9 Å². The molecule has 2 aromatic carbocycles. The monoisotopic (exact) mass is 452 g/mol. The van der Waals surface area contributed by atoms with Crippen LogP contribution in [0.3, 0.4) is 0 Å². The molecule has 1 saturated heterocycles. The van der Waals surface area contributed by atoms with Gasteiger partial charge in [-0.2, -0.15) is 0 Å². The zero-order valence-electron chi connectivity index (χ0n) is 18.7. The first kappa shape index (κ1) is 22.8. The van der Waals surface area contributed by atoms with Gasteiger partial charge >= 0.3 is 12.1 Å². The van der Waals surface area contributed by atoms with Crippen molar-refractivity contribution in [1.29, 1.82) is 0 Å². The molecule has 8 heteroatoms. The van der Waals surface area contributed by atoms with Gasteiger partial charge in [0.2, 0.25) is 0 Å². The molecule has 33 heavy (non-hydrogen) atoms. The van der Waals surface area contributed by atoms with Crippen LogP contribution in [0.5, 0.6) is 0 Å². The molecule has 2 aromatic rings. The summed E-state index contributed by atoms with van der Waals surface area (Å²) in [5.74, 6) is -1.77. The van der Waals surface area contributed by atoms with Gasteiger partial charge in [-0.05, 0) is 35.6 Å². The molecule has 0 saturated carbocycles. The molecule has 1 heterocycles. The summed E-state index contributed by atoms with van der Waals surface area (Å²) in [6.07, 6.45) is -0.747. The molecule has 2 N–H and O–H groups in total. The molecule has 1 unspecified atom stereocenters. The number of fused-ring (bicyclic) bond motifs is 3. The highest BCUT2D eigenvalue weighted by molar-refractivity contribution is 5.86. The zero-order valence-corrected chi connectivity index (χ0v) is 18.7. The minimum Gasteiger partial charge on any atom is -0.480 e. The fourth-order valence-electron chi connectivity index (χ4n) is 4.54. The first-order valence-corrected chi connectivity index (χ1v) is 11.1. The Labute approximate surface area is 192 Å². The fraction of sp³-hybridized carbons (Fsp3) is 0.400. The molecule has 8 nitrogen and oxygen atoms in total. The molecule has 1 aliphatic carbocycles. The topological polar surface area (TPSA) is 105 Å². The van der Waals surface area contributed by atoms with Crippen molar-refractivity contribution in [3.63, 3.8) is 0 Å². The first-order valence-electron chi connectivity index (χ1n) is 11.1. The van der Waals surface area contributed by atoms with Crippen LogP contribution in [-0.2, 0) is 19.1 Å². The molecule has 0 radical (unpaired) electrons. The number of nitrogens with zero attached hydrogens (tertiary/aromatic N) is 1. The average Bonchev–Trinajstić information content (AvgIpc) is 3.42. The lowest BCUT2D eigenvalue weighted by Gasteiger charge is -2.27. The first-order chi connectivity index (χ1) is 15.9. The van der Waals surface area contributed by atoms with Crippen molar-refractivity contribution >= 4 is 18.0 Å². The quantitative estimate of drug-likeness (QED) is 0.669. The predicted molar refractivity (Wildman–Crippen MR) is 121 cm³/mol. The van der Waals surface area contributed by atoms with E-state index >= 15 is 0 Å². The van der Waals surface area contributed by atoms with E-state index in [1.54, 1.807) is 0 Å². The Balaban J connectivity index is 1.33. The maximum absolute atomic E-state index is 12.7. The molecule has 3 atom stereocenters. The van der Waals surface area contributed by atoms with Crippen molar-refractivity contribution in [2.75, 3.05) is 26.8 Å². The van der Waals surface area contributed by atoms with Gasteiger partial charge in [0, 0.05) is 32.0 Å². The van der Waals surface area contributed by atoms with Crippen molar-refractivity contribution in [1.82, 2.24) is 10.2 Å². The van der Waals surface area contributed by atoms with Crippen molar-refractivity contribution in [2.45, 2.75) is 31.4 Å². The lowest BCUT2D eigenvalue weighted by molar-refractivity contribution is -0.153. The number of carbonyl (C=O) groups excluding carboxylic acids is 2. The highest BCUT2D eigenvalue weighted by Gasteiger charge is 2.38. The largest absolute Gasteiger partial charge is 0.480 e. The summed E-state index contributed by atoms with van der Waals surface area (Å²) in [6.45, 7) is 2.24. The number of benzene rings is 2. The minimum absolute atomic E-state index is 0.0292. The molecule has 4 rings (SSSR count). The van der Waals surface area contributed by atoms with Gasteiger partial charge in [0.05, 0.1) is 0 Å². The molecule has 1 fully saturated rings. The molecule has 0 bridgehead atoms. The van der Waals surface area contributed by atoms with Crippen molar-refractivity contribution < 1.29 is 29.0 Å². The molecular formula is C25H28N2O6. The van der Waals surface area contributed by atoms with Crippen LogP contribution in [0.2, 0.25) is 0 Å². The predicted octanol–water partition coefficient (Wildman–Crippen LogP) is 2.86. The van der Waals surface area contributed by atoms with Crippen LogP contribution in [0, 0.1) is 5.92 Å². The molecule has 1 aliphatic heterocycles. The second-order valence-electron chi connectivity index (χ2n) is 8.51. The number of hydrogen-bond donors (Lipinski definition) is 2. The number of alkyl carbamates (subject to hydrolysis) is 1. The lowest BCUT2D eigenvalue weighted by Crippen LogP contribution is -2.48. The SMILES string of the molecule is CC(C(=O)O)N(C)C(=O)[C@@H]1OCC[C@@H]1CNC(=O)OCC1c2ccccc2-c2ccccc21. The van der Waals surface area contributed by atoms with Crippen LogP contribution in [0.15, 0.2) is 48.5 Å². The molecule has 174 valence electrons. The van der Waals surface area contributed by atoms with E-state index in [0.717, 1.165) is 22.3 Å². The molecule has 2 aliphatic rings. The summed E-state index contributed by atoms with van der Waals surface area (Å²) in [7, 11) is 1.44. The van der Waals surface area contributed by atoms with Crippen molar-refractivity contribution in [2.24, 2.45) is 5.92 Å². The summed E-state index contributed by atoms with van der Waals surface area (Å²) in [6, 6.07) is 15.3. The summed E-state index contributed by atoms with van der Waals surface area (Å²) < 4.78 is 11.1. The fourth-order valence-corrected chi connectivity index (χ4v) is 4.54. The number of carboxylic acids is 1. The summed E-state index contributed by atoms with van der Waals surface area (Å²) in [5, 5.41) is 11.9. The van der Waals surface area contributed by atoms with Crippen LogP contribution in [0.1, 0.15) is 30.4 Å². The minimum atomic E-state index is -1.09. The van der Waals surface area contributed by atoms with Crippen molar-refractivity contribution in [3.8, 4) is 11.1 Å². The van der Waals surface area contributed by atoms with E-state index in [0.29, 0.717) is 13.0 Å². The second-order valence-corrected chi connectivity index (χ2v) is 8.51. The number of carboxylic acid groups (broad SMARTS) is 1. The zero-order chi connectivity index (χ0) is 23.5. The van der Waals surface area contributed by atoms with Gasteiger partial charge in [-0.15, -0.1) is 0 Å². The van der Waals surface area contributed by atoms with E-state index in [9.17, 15) is 14.4 Å².